The molecular formula is C16H20ClN3O. The number of carbonyl (C=O) groups excluding carboxylic acids is 1. The summed E-state index contributed by atoms with van der Waals surface area (Å²) < 4.78 is 1.78. The van der Waals surface area contributed by atoms with Gasteiger partial charge in [0.2, 0.25) is 5.91 Å². The summed E-state index contributed by atoms with van der Waals surface area (Å²) in [5.74, 6) is 0.771. The zero-order chi connectivity index (χ0) is 15.1. The van der Waals surface area contributed by atoms with Gasteiger partial charge in [-0.05, 0) is 24.1 Å². The number of unbranched alkanes of at least 4 members (excludes halogenated alkanes) is 2. The number of anilines is 1. The van der Waals surface area contributed by atoms with E-state index < -0.39 is 0 Å². The molecule has 4 nitrogen and oxygen atoms in total. The van der Waals surface area contributed by atoms with E-state index in [-0.39, 0.29) is 5.91 Å². The molecule has 21 heavy (non-hydrogen) atoms. The van der Waals surface area contributed by atoms with E-state index in [0.717, 1.165) is 30.6 Å². The zero-order valence-electron chi connectivity index (χ0n) is 12.2. The van der Waals surface area contributed by atoms with Gasteiger partial charge in [0.15, 0.2) is 0 Å². The van der Waals surface area contributed by atoms with E-state index in [1.807, 2.05) is 30.3 Å². The van der Waals surface area contributed by atoms with Gasteiger partial charge in [0, 0.05) is 17.5 Å². The highest BCUT2D eigenvalue weighted by Gasteiger charge is 2.07. The molecule has 1 N–H and O–H groups in total. The van der Waals surface area contributed by atoms with Crippen molar-refractivity contribution in [1.29, 1.82) is 0 Å². The van der Waals surface area contributed by atoms with Crippen molar-refractivity contribution in [3.63, 3.8) is 0 Å². The molecule has 0 aliphatic rings. The highest BCUT2D eigenvalue weighted by Crippen LogP contribution is 2.14. The van der Waals surface area contributed by atoms with Gasteiger partial charge in [0.1, 0.15) is 5.82 Å². The first-order valence-corrected chi connectivity index (χ1v) is 7.63. The van der Waals surface area contributed by atoms with Crippen molar-refractivity contribution in [3.8, 4) is 0 Å². The fraction of sp³-hybridized carbons (Fsp3) is 0.375. The maximum Gasteiger partial charge on any atom is 0.225 e. The number of rotatable bonds is 7. The average molecular weight is 306 g/mol. The number of hydrogen-bond donors (Lipinski definition) is 1. The van der Waals surface area contributed by atoms with Crippen LogP contribution in [0.25, 0.3) is 0 Å². The van der Waals surface area contributed by atoms with Crippen LogP contribution in [0.15, 0.2) is 36.5 Å². The van der Waals surface area contributed by atoms with Crippen LogP contribution in [0.3, 0.4) is 0 Å². The second-order valence-corrected chi connectivity index (χ2v) is 5.44. The van der Waals surface area contributed by atoms with Crippen molar-refractivity contribution in [2.24, 2.45) is 0 Å². The van der Waals surface area contributed by atoms with Gasteiger partial charge >= 0.3 is 0 Å². The minimum atomic E-state index is 0.0429. The first-order valence-electron chi connectivity index (χ1n) is 7.25. The summed E-state index contributed by atoms with van der Waals surface area (Å²) in [6.45, 7) is 2.73. The van der Waals surface area contributed by atoms with E-state index >= 15 is 0 Å². The van der Waals surface area contributed by atoms with Crippen molar-refractivity contribution < 1.29 is 4.79 Å². The van der Waals surface area contributed by atoms with Gasteiger partial charge < -0.3 is 5.32 Å². The third kappa shape index (κ3) is 4.90. The average Bonchev–Trinajstić information content (AvgIpc) is 2.89. The summed E-state index contributed by atoms with van der Waals surface area (Å²) in [5, 5.41) is 7.88. The molecule has 0 unspecified atom stereocenters. The summed E-state index contributed by atoms with van der Waals surface area (Å²) in [6.07, 6.45) is 5.37. The van der Waals surface area contributed by atoms with Gasteiger partial charge in [-0.2, -0.15) is 5.10 Å². The molecule has 112 valence electrons. The zero-order valence-corrected chi connectivity index (χ0v) is 12.9. The summed E-state index contributed by atoms with van der Waals surface area (Å²) >= 11 is 5.87. The van der Waals surface area contributed by atoms with Crippen LogP contribution in [0.1, 0.15) is 38.2 Å². The standard InChI is InChI=1S/C16H20ClN3O/c1-2-3-4-5-16(21)19-15-10-11-18-20(15)12-13-6-8-14(17)9-7-13/h6-11H,2-5,12H2,1H3,(H,19,21). The highest BCUT2D eigenvalue weighted by atomic mass is 35.5. The van der Waals surface area contributed by atoms with Crippen LogP contribution >= 0.6 is 11.6 Å². The first-order chi connectivity index (χ1) is 10.2. The number of benzene rings is 1. The Balaban J connectivity index is 1.95. The number of aromatic nitrogens is 2. The molecule has 0 radical (unpaired) electrons. The molecule has 2 aromatic rings. The lowest BCUT2D eigenvalue weighted by molar-refractivity contribution is -0.116. The monoisotopic (exact) mass is 305 g/mol. The van der Waals surface area contributed by atoms with Crippen LogP contribution in [-0.4, -0.2) is 15.7 Å². The van der Waals surface area contributed by atoms with Gasteiger partial charge in [-0.15, -0.1) is 0 Å². The number of hydrogen-bond acceptors (Lipinski definition) is 2. The molecule has 0 aliphatic carbocycles. The molecule has 5 heteroatoms. The maximum absolute atomic E-state index is 11.9. The molecule has 0 aliphatic heterocycles. The fourth-order valence-electron chi connectivity index (χ4n) is 2.07. The van der Waals surface area contributed by atoms with Crippen molar-refractivity contribution >= 4 is 23.3 Å². The normalized spacial score (nSPS) is 10.6. The number of halogens is 1. The lowest BCUT2D eigenvalue weighted by Gasteiger charge is -2.09. The Kier molecular flexibility index (Phi) is 5.81. The Morgan fingerprint density at radius 1 is 1.24 bits per heavy atom. The Morgan fingerprint density at radius 2 is 2.00 bits per heavy atom. The van der Waals surface area contributed by atoms with E-state index in [0.29, 0.717) is 18.0 Å². The van der Waals surface area contributed by atoms with Crippen LogP contribution in [0.2, 0.25) is 5.02 Å². The predicted octanol–water partition coefficient (Wildman–Crippen LogP) is 4.10. The summed E-state index contributed by atoms with van der Waals surface area (Å²) in [7, 11) is 0. The van der Waals surface area contributed by atoms with Crippen LogP contribution in [0.5, 0.6) is 0 Å². The fourth-order valence-corrected chi connectivity index (χ4v) is 2.19. The molecule has 1 aromatic carbocycles. The lowest BCUT2D eigenvalue weighted by Crippen LogP contribution is -2.15. The summed E-state index contributed by atoms with van der Waals surface area (Å²) in [4.78, 5) is 11.9. The molecule has 0 fully saturated rings. The molecule has 1 heterocycles. The van der Waals surface area contributed by atoms with Crippen molar-refractivity contribution in [2.45, 2.75) is 39.2 Å². The molecule has 0 atom stereocenters. The molecule has 0 saturated carbocycles. The number of amides is 1. The van der Waals surface area contributed by atoms with Gasteiger partial charge in [-0.1, -0.05) is 43.5 Å². The molecule has 0 saturated heterocycles. The number of carbonyl (C=O) groups is 1. The van der Waals surface area contributed by atoms with Gasteiger partial charge in [0.05, 0.1) is 12.7 Å². The largest absolute Gasteiger partial charge is 0.311 e. The number of nitrogens with zero attached hydrogens (tertiary/aromatic N) is 2. The Labute approximate surface area is 130 Å². The SMILES string of the molecule is CCCCCC(=O)Nc1ccnn1Cc1ccc(Cl)cc1. The van der Waals surface area contributed by atoms with Crippen molar-refractivity contribution in [1.82, 2.24) is 9.78 Å². The molecule has 0 bridgehead atoms. The quantitative estimate of drug-likeness (QED) is 0.783. The second kappa shape index (κ2) is 7.84. The highest BCUT2D eigenvalue weighted by molar-refractivity contribution is 6.30. The topological polar surface area (TPSA) is 46.9 Å². The van der Waals surface area contributed by atoms with Crippen LogP contribution in [0, 0.1) is 0 Å². The lowest BCUT2D eigenvalue weighted by atomic mass is 10.2. The van der Waals surface area contributed by atoms with Crippen LogP contribution in [0.4, 0.5) is 5.82 Å². The van der Waals surface area contributed by atoms with Gasteiger partial charge in [-0.3, -0.25) is 4.79 Å². The number of nitrogens with one attached hydrogen (secondary N) is 1. The molecule has 0 spiro atoms. The third-order valence-corrected chi connectivity index (χ3v) is 3.49. The molecular weight excluding hydrogens is 286 g/mol. The summed E-state index contributed by atoms with van der Waals surface area (Å²) in [6, 6.07) is 9.42. The van der Waals surface area contributed by atoms with Crippen LogP contribution in [-0.2, 0) is 11.3 Å². The predicted molar refractivity (Wildman–Crippen MR) is 85.6 cm³/mol. The second-order valence-electron chi connectivity index (χ2n) is 5.01. The van der Waals surface area contributed by atoms with E-state index in [1.54, 1.807) is 10.9 Å². The van der Waals surface area contributed by atoms with Crippen molar-refractivity contribution in [3.05, 3.63) is 47.1 Å². The summed E-state index contributed by atoms with van der Waals surface area (Å²) in [5.41, 5.74) is 1.09. The Morgan fingerprint density at radius 3 is 2.71 bits per heavy atom. The smallest absolute Gasteiger partial charge is 0.225 e. The van der Waals surface area contributed by atoms with E-state index in [9.17, 15) is 4.79 Å². The minimum absolute atomic E-state index is 0.0429. The van der Waals surface area contributed by atoms with Crippen molar-refractivity contribution in [2.75, 3.05) is 5.32 Å². The Bertz CT molecular complexity index is 577. The minimum Gasteiger partial charge on any atom is -0.311 e. The molecule has 1 aromatic heterocycles. The van der Waals surface area contributed by atoms with E-state index in [4.69, 9.17) is 11.6 Å². The third-order valence-electron chi connectivity index (χ3n) is 3.24. The Hall–Kier alpha value is -1.81. The van der Waals surface area contributed by atoms with Gasteiger partial charge in [-0.25, -0.2) is 4.68 Å². The van der Waals surface area contributed by atoms with Gasteiger partial charge in [0.25, 0.3) is 0 Å². The van der Waals surface area contributed by atoms with Crippen LogP contribution < -0.4 is 5.32 Å². The van der Waals surface area contributed by atoms with E-state index in [1.165, 1.54) is 0 Å². The van der Waals surface area contributed by atoms with E-state index in [2.05, 4.69) is 17.3 Å². The molecule has 2 rings (SSSR count). The molecule has 1 amide bonds. The first kappa shape index (κ1) is 15.6. The maximum atomic E-state index is 11.9.